The highest BCUT2D eigenvalue weighted by atomic mass is 31.2. The van der Waals surface area contributed by atoms with E-state index in [1.165, 1.54) is 128 Å². The fraction of sp³-hybridized carbons (Fsp3) is 0.956. The zero-order chi connectivity index (χ0) is 68.2. The molecule has 2 saturated heterocycles. The van der Waals surface area contributed by atoms with Gasteiger partial charge in [0.05, 0.1) is 13.2 Å². The van der Waals surface area contributed by atoms with Crippen LogP contribution in [0.3, 0.4) is 0 Å². The first kappa shape index (κ1) is 85.2. The lowest BCUT2D eigenvalue weighted by Gasteiger charge is -2.49. The lowest BCUT2D eigenvalue weighted by molar-refractivity contribution is -0.360. The summed E-state index contributed by atoms with van der Waals surface area (Å²) in [5.41, 5.74) is 0. The third-order valence-corrected chi connectivity index (χ3v) is 19.1. The Kier molecular flexibility index (Phi) is 46.9. The number of aliphatic hydroxyl groups excluding tert-OH is 10. The van der Waals surface area contributed by atoms with Gasteiger partial charge in [0.1, 0.15) is 98.7 Å². The van der Waals surface area contributed by atoms with Crippen LogP contribution in [-0.2, 0) is 61.2 Å². The molecule has 0 spiro atoms. The van der Waals surface area contributed by atoms with E-state index in [4.69, 9.17) is 42.2 Å². The zero-order valence-corrected chi connectivity index (χ0v) is 57.7. The van der Waals surface area contributed by atoms with Gasteiger partial charge in [0, 0.05) is 19.3 Å². The molecule has 11 N–H and O–H groups in total. The molecule has 93 heavy (non-hydrogen) atoms. The maximum Gasteiger partial charge on any atom is 0.472 e. The van der Waals surface area contributed by atoms with Gasteiger partial charge >= 0.3 is 25.7 Å². The van der Waals surface area contributed by atoms with Gasteiger partial charge < -0.3 is 89.1 Å². The third-order valence-electron chi connectivity index (χ3n) is 18.1. The van der Waals surface area contributed by atoms with Gasteiger partial charge in [0.2, 0.25) is 0 Å². The highest BCUT2D eigenvalue weighted by molar-refractivity contribution is 7.47. The smallest absolute Gasteiger partial charge is 0.463 e. The van der Waals surface area contributed by atoms with Gasteiger partial charge in [0.15, 0.2) is 18.7 Å². The molecule has 3 rings (SSSR count). The van der Waals surface area contributed by atoms with Crippen molar-refractivity contribution in [1.29, 1.82) is 0 Å². The van der Waals surface area contributed by atoms with Crippen LogP contribution in [0, 0.1) is 0 Å². The van der Waals surface area contributed by atoms with Gasteiger partial charge in [-0.2, -0.15) is 0 Å². The van der Waals surface area contributed by atoms with E-state index < -0.39 is 156 Å². The number of hydrogen-bond donors (Lipinski definition) is 11. The summed E-state index contributed by atoms with van der Waals surface area (Å²) in [7, 11) is -5.69. The maximum absolute atomic E-state index is 14.3. The summed E-state index contributed by atoms with van der Waals surface area (Å²) in [6.07, 6.45) is 6.23. The number of phosphoric ester groups is 1. The Bertz CT molecular complexity index is 1940. The summed E-state index contributed by atoms with van der Waals surface area (Å²) in [6.45, 7) is 3.43. The van der Waals surface area contributed by atoms with E-state index >= 15 is 0 Å². The number of aliphatic hydroxyl groups is 10. The number of carbonyl (C=O) groups is 3. The Morgan fingerprint density at radius 1 is 0.376 bits per heavy atom. The molecule has 0 aromatic carbocycles. The summed E-state index contributed by atoms with van der Waals surface area (Å²) in [5, 5.41) is 110. The van der Waals surface area contributed by atoms with Crippen LogP contribution in [0.15, 0.2) is 0 Å². The van der Waals surface area contributed by atoms with Gasteiger partial charge in [-0.15, -0.1) is 0 Å². The Hall–Kier alpha value is -2.04. The van der Waals surface area contributed by atoms with Gasteiger partial charge in [-0.3, -0.25) is 23.4 Å². The van der Waals surface area contributed by atoms with E-state index in [0.717, 1.165) is 96.3 Å². The number of phosphoric acid groups is 1. The quantitative estimate of drug-likeness (QED) is 0.0117. The molecule has 0 amide bonds. The molecular weight excluding hydrogens is 1230 g/mol. The summed E-state index contributed by atoms with van der Waals surface area (Å²) in [5.74, 6) is -1.98. The fourth-order valence-corrected chi connectivity index (χ4v) is 13.1. The Morgan fingerprint density at radius 2 is 0.688 bits per heavy atom. The summed E-state index contributed by atoms with van der Waals surface area (Å²) in [4.78, 5) is 50.8. The molecular formula is C68H127O24P. The first-order chi connectivity index (χ1) is 44.8. The van der Waals surface area contributed by atoms with Crippen LogP contribution < -0.4 is 0 Å². The second-order valence-electron chi connectivity index (χ2n) is 26.3. The molecule has 0 radical (unpaired) electrons. The van der Waals surface area contributed by atoms with Crippen LogP contribution in [0.25, 0.3) is 0 Å². The van der Waals surface area contributed by atoms with E-state index in [2.05, 4.69) is 20.8 Å². The fourth-order valence-electron chi connectivity index (χ4n) is 12.2. The number of esters is 3. The molecule has 0 aromatic rings. The second kappa shape index (κ2) is 51.2. The Morgan fingerprint density at radius 3 is 1.05 bits per heavy atom. The standard InChI is InChI=1S/C68H127O24P/c1-4-7-10-13-16-19-22-24-25-26-29-32-35-38-41-44-54(72)87-49(46-84-52(70)42-39-36-33-30-27-21-18-15-12-9-6-3)47-86-93(82,83)92-66-64(90-67-62(80)57(75)55(73)50(45-69)88-67)60(78)59(77)61(79)65(66)91-68-63(81)58(76)56(74)51(89-68)48-85-53(71)43-40-37-34-31-28-23-20-17-14-11-8-5-2/h49-51,55-69,73-81H,4-48H2,1-3H3,(H,82,83). The van der Waals surface area contributed by atoms with Crippen LogP contribution in [0.2, 0.25) is 0 Å². The monoisotopic (exact) mass is 1360 g/mol. The zero-order valence-electron chi connectivity index (χ0n) is 56.8. The minimum absolute atomic E-state index is 0.0331. The summed E-state index contributed by atoms with van der Waals surface area (Å²) < 4.78 is 64.9. The van der Waals surface area contributed by atoms with Crippen LogP contribution in [-0.4, -0.2) is 204 Å². The minimum atomic E-state index is -5.69. The van der Waals surface area contributed by atoms with E-state index in [1.807, 2.05) is 0 Å². The highest BCUT2D eigenvalue weighted by Gasteiger charge is 2.58. The number of hydrogen-bond acceptors (Lipinski definition) is 23. The predicted octanol–water partition coefficient (Wildman–Crippen LogP) is 9.01. The van der Waals surface area contributed by atoms with Crippen molar-refractivity contribution in [2.45, 2.75) is 388 Å². The average molecular weight is 1360 g/mol. The van der Waals surface area contributed by atoms with Crippen LogP contribution >= 0.6 is 7.82 Å². The second-order valence-corrected chi connectivity index (χ2v) is 27.7. The summed E-state index contributed by atoms with van der Waals surface area (Å²) in [6, 6.07) is 0. The molecule has 0 bridgehead atoms. The van der Waals surface area contributed by atoms with Crippen LogP contribution in [0.4, 0.5) is 0 Å². The van der Waals surface area contributed by atoms with Crippen molar-refractivity contribution in [3.63, 3.8) is 0 Å². The number of rotatable bonds is 56. The van der Waals surface area contributed by atoms with E-state index in [9.17, 15) is 74.9 Å². The van der Waals surface area contributed by atoms with Gasteiger partial charge in [-0.1, -0.05) is 245 Å². The molecule has 3 aliphatic rings. The first-order valence-corrected chi connectivity index (χ1v) is 37.8. The largest absolute Gasteiger partial charge is 0.472 e. The predicted molar refractivity (Wildman–Crippen MR) is 347 cm³/mol. The molecule has 3 fully saturated rings. The molecule has 2 heterocycles. The average Bonchev–Trinajstić information content (AvgIpc) is 0.770. The van der Waals surface area contributed by atoms with Crippen molar-refractivity contribution < 1.29 is 117 Å². The molecule has 18 unspecified atom stereocenters. The molecule has 2 aliphatic heterocycles. The lowest BCUT2D eigenvalue weighted by Crippen LogP contribution is -2.69. The van der Waals surface area contributed by atoms with E-state index in [0.29, 0.717) is 19.3 Å². The van der Waals surface area contributed by atoms with Crippen molar-refractivity contribution in [2.75, 3.05) is 26.4 Å². The van der Waals surface area contributed by atoms with Gasteiger partial charge in [-0.25, -0.2) is 4.57 Å². The topological polar surface area (TPSA) is 374 Å². The molecule has 25 heteroatoms. The first-order valence-electron chi connectivity index (χ1n) is 36.3. The van der Waals surface area contributed by atoms with Crippen molar-refractivity contribution in [3.8, 4) is 0 Å². The number of unbranched alkanes of at least 4 members (excludes halogenated alkanes) is 35. The Balaban J connectivity index is 1.75. The van der Waals surface area contributed by atoms with Crippen molar-refractivity contribution in [3.05, 3.63) is 0 Å². The minimum Gasteiger partial charge on any atom is -0.463 e. The molecule has 1 aliphatic carbocycles. The summed E-state index contributed by atoms with van der Waals surface area (Å²) >= 11 is 0. The molecule has 24 nitrogen and oxygen atoms in total. The number of ether oxygens (including phenoxy) is 7. The van der Waals surface area contributed by atoms with Crippen LogP contribution in [0.1, 0.15) is 284 Å². The normalized spacial score (nSPS) is 28.4. The maximum atomic E-state index is 14.3. The van der Waals surface area contributed by atoms with Crippen molar-refractivity contribution in [2.24, 2.45) is 0 Å². The van der Waals surface area contributed by atoms with E-state index in [1.54, 1.807) is 0 Å². The Labute approximate surface area is 555 Å². The molecule has 18 atom stereocenters. The van der Waals surface area contributed by atoms with Gasteiger partial charge in [-0.05, 0) is 19.3 Å². The van der Waals surface area contributed by atoms with Gasteiger partial charge in [0.25, 0.3) is 0 Å². The lowest BCUT2D eigenvalue weighted by atomic mass is 9.84. The third kappa shape index (κ3) is 35.0. The molecule has 548 valence electrons. The van der Waals surface area contributed by atoms with Crippen LogP contribution in [0.5, 0.6) is 0 Å². The van der Waals surface area contributed by atoms with E-state index in [-0.39, 0.29) is 19.3 Å². The molecule has 1 saturated carbocycles. The molecule has 0 aromatic heterocycles. The van der Waals surface area contributed by atoms with Crippen molar-refractivity contribution in [1.82, 2.24) is 0 Å². The highest BCUT2D eigenvalue weighted by Crippen LogP contribution is 2.49. The SMILES string of the molecule is CCCCCCCCCCCCCCCCCC(=O)OC(COC(=O)CCCCCCCCCCCCC)COP(=O)(O)OC1C(OC2OC(CO)C(O)C(O)C2O)C(O)C(O)C(O)C1OC1OC(COC(=O)CCCCCCCCCCCCCC)C(O)C(O)C1O. The number of carbonyl (C=O) groups excluding carboxylic acids is 3. The van der Waals surface area contributed by atoms with Crippen molar-refractivity contribution >= 4 is 25.7 Å².